The van der Waals surface area contributed by atoms with Gasteiger partial charge in [-0.25, -0.2) is 9.59 Å². The highest BCUT2D eigenvalue weighted by atomic mass is 16.5. The molecule has 1 unspecified atom stereocenters. The first kappa shape index (κ1) is 20.3. The third-order valence-electron chi connectivity index (χ3n) is 4.52. The molecular weight excluding hydrogens is 372 g/mol. The fraction of sp³-hybridized carbons (Fsp3) is 0.273. The molecular formula is C22H24N2O5. The number of nitrogens with one attached hydrogen (secondary N) is 2. The fourth-order valence-corrected chi connectivity index (χ4v) is 3.17. The van der Waals surface area contributed by atoms with E-state index in [0.29, 0.717) is 40.5 Å². The number of hydrogen-bond donors (Lipinski definition) is 2. The third-order valence-corrected chi connectivity index (χ3v) is 4.52. The van der Waals surface area contributed by atoms with Crippen molar-refractivity contribution in [2.24, 2.45) is 0 Å². The number of carbonyl (C=O) groups excluding carboxylic acids is 2. The molecule has 0 saturated heterocycles. The Labute approximate surface area is 169 Å². The van der Waals surface area contributed by atoms with Gasteiger partial charge in [0, 0.05) is 0 Å². The molecule has 3 rings (SSSR count). The van der Waals surface area contributed by atoms with Crippen LogP contribution in [0.2, 0.25) is 0 Å². The lowest BCUT2D eigenvalue weighted by Crippen LogP contribution is -2.45. The zero-order valence-corrected chi connectivity index (χ0v) is 16.7. The van der Waals surface area contributed by atoms with Crippen molar-refractivity contribution in [1.29, 1.82) is 0 Å². The number of esters is 1. The minimum Gasteiger partial charge on any atom is -0.493 e. The predicted molar refractivity (Wildman–Crippen MR) is 109 cm³/mol. The summed E-state index contributed by atoms with van der Waals surface area (Å²) >= 11 is 0. The molecule has 2 N–H and O–H groups in total. The topological polar surface area (TPSA) is 85.9 Å². The summed E-state index contributed by atoms with van der Waals surface area (Å²) in [6.07, 6.45) is 0.866. The summed E-state index contributed by atoms with van der Waals surface area (Å²) in [5.41, 5.74) is 2.11. The van der Waals surface area contributed by atoms with E-state index in [-0.39, 0.29) is 0 Å². The molecule has 7 heteroatoms. The van der Waals surface area contributed by atoms with Crippen LogP contribution in [0.15, 0.2) is 54.1 Å². The maximum Gasteiger partial charge on any atom is 0.338 e. The van der Waals surface area contributed by atoms with E-state index >= 15 is 0 Å². The van der Waals surface area contributed by atoms with Crippen molar-refractivity contribution in [3.8, 4) is 11.5 Å². The molecule has 29 heavy (non-hydrogen) atoms. The smallest absolute Gasteiger partial charge is 0.338 e. The molecule has 0 fully saturated rings. The largest absolute Gasteiger partial charge is 0.493 e. The molecule has 0 aromatic heterocycles. The highest BCUT2D eigenvalue weighted by Crippen LogP contribution is 2.36. The number of rotatable bonds is 7. The highest BCUT2D eigenvalue weighted by molar-refractivity contribution is 6.04. The van der Waals surface area contributed by atoms with Crippen LogP contribution >= 0.6 is 0 Å². The van der Waals surface area contributed by atoms with E-state index in [2.05, 4.69) is 10.6 Å². The molecule has 1 atom stereocenters. The lowest BCUT2D eigenvalue weighted by molar-refractivity contribution is -0.136. The average Bonchev–Trinajstić information content (AvgIpc) is 2.77. The molecule has 0 spiro atoms. The zero-order valence-electron chi connectivity index (χ0n) is 16.7. The Morgan fingerprint density at radius 2 is 1.83 bits per heavy atom. The van der Waals surface area contributed by atoms with Crippen LogP contribution < -0.4 is 20.1 Å². The minimum absolute atomic E-state index is 0.308. The van der Waals surface area contributed by atoms with Gasteiger partial charge >= 0.3 is 12.0 Å². The number of urea groups is 1. The van der Waals surface area contributed by atoms with E-state index in [0.717, 1.165) is 6.42 Å². The lowest BCUT2D eigenvalue weighted by atomic mass is 9.92. The van der Waals surface area contributed by atoms with Gasteiger partial charge in [0.15, 0.2) is 11.5 Å². The summed E-state index contributed by atoms with van der Waals surface area (Å²) in [6.45, 7) is 2.58. The molecule has 152 valence electrons. The monoisotopic (exact) mass is 396 g/mol. The van der Waals surface area contributed by atoms with Gasteiger partial charge in [-0.15, -0.1) is 0 Å². The Morgan fingerprint density at radius 1 is 1.07 bits per heavy atom. The summed E-state index contributed by atoms with van der Waals surface area (Å²) in [5, 5.41) is 5.54. The summed E-state index contributed by atoms with van der Waals surface area (Å²) in [7, 11) is 2.86. The van der Waals surface area contributed by atoms with Crippen molar-refractivity contribution < 1.29 is 23.8 Å². The van der Waals surface area contributed by atoms with Gasteiger partial charge in [-0.2, -0.15) is 0 Å². The fourth-order valence-electron chi connectivity index (χ4n) is 3.17. The maximum absolute atomic E-state index is 12.7. The average molecular weight is 396 g/mol. The lowest BCUT2D eigenvalue weighted by Gasteiger charge is -2.29. The summed E-state index contributed by atoms with van der Waals surface area (Å²) < 4.78 is 16.2. The Hall–Kier alpha value is -3.48. The standard InChI is InChI=1S/C22H24N2O5/c1-4-12-29-16-11-10-15(13-17(16)27-2)20-18(21(25)28-3)19(23-22(26)24-20)14-8-6-5-7-9-14/h5-11,13,20H,4,12H2,1-3H3,(H2,23,24,26). The number of hydrogen-bond acceptors (Lipinski definition) is 5. The van der Waals surface area contributed by atoms with Crippen LogP contribution in [0.25, 0.3) is 5.70 Å². The molecule has 0 bridgehead atoms. The Kier molecular flexibility index (Phi) is 6.39. The maximum atomic E-state index is 12.7. The first-order valence-electron chi connectivity index (χ1n) is 9.35. The van der Waals surface area contributed by atoms with Gasteiger partial charge in [-0.05, 0) is 29.7 Å². The number of carbonyl (C=O) groups is 2. The van der Waals surface area contributed by atoms with Gasteiger partial charge in [0.05, 0.1) is 38.1 Å². The second-order valence-electron chi connectivity index (χ2n) is 6.44. The quantitative estimate of drug-likeness (QED) is 0.701. The van der Waals surface area contributed by atoms with Crippen molar-refractivity contribution >= 4 is 17.7 Å². The van der Waals surface area contributed by atoms with Crippen molar-refractivity contribution in [2.75, 3.05) is 20.8 Å². The van der Waals surface area contributed by atoms with Gasteiger partial charge in [0.2, 0.25) is 0 Å². The first-order valence-corrected chi connectivity index (χ1v) is 9.35. The predicted octanol–water partition coefficient (Wildman–Crippen LogP) is 3.42. The van der Waals surface area contributed by atoms with Gasteiger partial charge in [0.1, 0.15) is 0 Å². The molecule has 7 nitrogen and oxygen atoms in total. The van der Waals surface area contributed by atoms with Crippen LogP contribution in [0.4, 0.5) is 4.79 Å². The van der Waals surface area contributed by atoms with Crippen LogP contribution in [-0.2, 0) is 9.53 Å². The third kappa shape index (κ3) is 4.34. The van der Waals surface area contributed by atoms with Crippen molar-refractivity contribution in [3.63, 3.8) is 0 Å². The number of benzene rings is 2. The van der Waals surface area contributed by atoms with Gasteiger partial charge < -0.3 is 24.8 Å². The first-order chi connectivity index (χ1) is 14.1. The Bertz CT molecular complexity index is 924. The summed E-state index contributed by atoms with van der Waals surface area (Å²) in [5.74, 6) is 0.589. The molecule has 2 amide bonds. The van der Waals surface area contributed by atoms with Crippen LogP contribution in [0, 0.1) is 0 Å². The van der Waals surface area contributed by atoms with E-state index in [1.807, 2.05) is 37.3 Å². The van der Waals surface area contributed by atoms with Crippen LogP contribution in [0.3, 0.4) is 0 Å². The van der Waals surface area contributed by atoms with Crippen molar-refractivity contribution in [2.45, 2.75) is 19.4 Å². The van der Waals surface area contributed by atoms with Crippen molar-refractivity contribution in [1.82, 2.24) is 10.6 Å². The molecule has 0 radical (unpaired) electrons. The molecule has 1 heterocycles. The molecule has 0 saturated carbocycles. The van der Waals surface area contributed by atoms with Gasteiger partial charge in [-0.3, -0.25) is 0 Å². The Morgan fingerprint density at radius 3 is 2.48 bits per heavy atom. The second kappa shape index (κ2) is 9.14. The van der Waals surface area contributed by atoms with E-state index in [4.69, 9.17) is 14.2 Å². The number of methoxy groups -OCH3 is 2. The summed E-state index contributed by atoms with van der Waals surface area (Å²) in [6, 6.07) is 13.4. The van der Waals surface area contributed by atoms with E-state index < -0.39 is 18.0 Å². The SMILES string of the molecule is CCCOc1ccc(C2NC(=O)NC(c3ccccc3)=C2C(=O)OC)cc1OC. The molecule has 1 aliphatic heterocycles. The van der Waals surface area contributed by atoms with E-state index in [1.54, 1.807) is 25.3 Å². The van der Waals surface area contributed by atoms with Gasteiger partial charge in [-0.1, -0.05) is 43.3 Å². The molecule has 2 aromatic carbocycles. The summed E-state index contributed by atoms with van der Waals surface area (Å²) in [4.78, 5) is 25.1. The van der Waals surface area contributed by atoms with Crippen LogP contribution in [0.1, 0.15) is 30.5 Å². The molecule has 1 aliphatic rings. The van der Waals surface area contributed by atoms with E-state index in [9.17, 15) is 9.59 Å². The Balaban J connectivity index is 2.11. The molecule has 2 aromatic rings. The molecule has 0 aliphatic carbocycles. The van der Waals surface area contributed by atoms with Crippen LogP contribution in [-0.4, -0.2) is 32.8 Å². The second-order valence-corrected chi connectivity index (χ2v) is 6.44. The highest BCUT2D eigenvalue weighted by Gasteiger charge is 2.34. The van der Waals surface area contributed by atoms with E-state index in [1.165, 1.54) is 7.11 Å². The van der Waals surface area contributed by atoms with Crippen LogP contribution in [0.5, 0.6) is 11.5 Å². The number of amides is 2. The van der Waals surface area contributed by atoms with Crippen molar-refractivity contribution in [3.05, 3.63) is 65.2 Å². The number of ether oxygens (including phenoxy) is 3. The normalized spacial score (nSPS) is 16.0. The minimum atomic E-state index is -0.708. The zero-order chi connectivity index (χ0) is 20.8. The van der Waals surface area contributed by atoms with Gasteiger partial charge in [0.25, 0.3) is 0 Å².